The number of aromatic nitrogens is 4. The Hall–Kier alpha value is -2.14. The molecule has 5 heteroatoms. The quantitative estimate of drug-likeness (QED) is 0.727. The van der Waals surface area contributed by atoms with Gasteiger partial charge in [0.1, 0.15) is 5.82 Å². The summed E-state index contributed by atoms with van der Waals surface area (Å²) in [6.45, 7) is 8.86. The molecule has 0 aliphatic heterocycles. The van der Waals surface area contributed by atoms with E-state index in [0.29, 0.717) is 0 Å². The molecule has 0 aromatic carbocycles. The van der Waals surface area contributed by atoms with E-state index in [0.717, 1.165) is 36.8 Å². The fraction of sp³-hybridized carbons (Fsp3) is 0.412. The molecule has 0 N–H and O–H groups in total. The summed E-state index contributed by atoms with van der Waals surface area (Å²) in [5.74, 6) is 1.04. The number of rotatable bonds is 5. The lowest BCUT2D eigenvalue weighted by atomic mass is 10.2. The summed E-state index contributed by atoms with van der Waals surface area (Å²) < 4.78 is 4.14. The van der Waals surface area contributed by atoms with Crippen LogP contribution < -0.4 is 0 Å². The number of hydrogen-bond acceptors (Lipinski definition) is 3. The molecule has 0 fully saturated rings. The maximum atomic E-state index is 4.72. The molecular weight excluding hydrogens is 274 g/mol. The van der Waals surface area contributed by atoms with Crippen LogP contribution in [0, 0.1) is 13.8 Å². The lowest BCUT2D eigenvalue weighted by Crippen LogP contribution is -2.18. The van der Waals surface area contributed by atoms with Gasteiger partial charge in [-0.05, 0) is 40.0 Å². The van der Waals surface area contributed by atoms with Gasteiger partial charge in [0.05, 0.1) is 16.9 Å². The highest BCUT2D eigenvalue weighted by Gasteiger charge is 2.12. The molecule has 0 saturated carbocycles. The SMILES string of the molecule is CCn1cc(CN(C)Cc2nc(C)n3ccccc23)c(C)n1. The van der Waals surface area contributed by atoms with Gasteiger partial charge in [-0.15, -0.1) is 0 Å². The van der Waals surface area contributed by atoms with Gasteiger partial charge in [0.2, 0.25) is 0 Å². The monoisotopic (exact) mass is 297 g/mol. The third-order valence-corrected chi connectivity index (χ3v) is 4.03. The summed E-state index contributed by atoms with van der Waals surface area (Å²) in [5, 5.41) is 4.51. The van der Waals surface area contributed by atoms with Crippen molar-refractivity contribution in [2.45, 2.75) is 40.4 Å². The van der Waals surface area contributed by atoms with Crippen molar-refractivity contribution in [2.24, 2.45) is 0 Å². The van der Waals surface area contributed by atoms with E-state index in [-0.39, 0.29) is 0 Å². The van der Waals surface area contributed by atoms with E-state index in [9.17, 15) is 0 Å². The van der Waals surface area contributed by atoms with Gasteiger partial charge in [0, 0.05) is 37.6 Å². The summed E-state index contributed by atoms with van der Waals surface area (Å²) in [6.07, 6.45) is 4.21. The van der Waals surface area contributed by atoms with Crippen LogP contribution in [-0.4, -0.2) is 31.1 Å². The number of pyridine rings is 1. The Balaban J connectivity index is 1.78. The Morgan fingerprint density at radius 1 is 1.18 bits per heavy atom. The fourth-order valence-electron chi connectivity index (χ4n) is 2.86. The molecule has 116 valence electrons. The predicted octanol–water partition coefficient (Wildman–Crippen LogP) is 2.80. The summed E-state index contributed by atoms with van der Waals surface area (Å²) in [5.41, 5.74) is 4.71. The van der Waals surface area contributed by atoms with Crippen LogP contribution in [0.25, 0.3) is 5.52 Å². The van der Waals surface area contributed by atoms with Gasteiger partial charge in [0.15, 0.2) is 0 Å². The van der Waals surface area contributed by atoms with E-state index < -0.39 is 0 Å². The Morgan fingerprint density at radius 2 is 2.00 bits per heavy atom. The molecule has 0 spiro atoms. The molecule has 0 aliphatic rings. The lowest BCUT2D eigenvalue weighted by molar-refractivity contribution is 0.316. The largest absolute Gasteiger partial charge is 0.304 e. The molecule has 3 heterocycles. The molecule has 5 nitrogen and oxygen atoms in total. The summed E-state index contributed by atoms with van der Waals surface area (Å²) in [7, 11) is 2.13. The standard InChI is InChI=1S/C17H23N5/c1-5-21-11-15(13(2)19-21)10-20(4)12-16-17-8-6-7-9-22(17)14(3)18-16/h6-9,11H,5,10,12H2,1-4H3. The first-order valence-electron chi connectivity index (χ1n) is 7.72. The minimum absolute atomic E-state index is 0.831. The van der Waals surface area contributed by atoms with Crippen molar-refractivity contribution < 1.29 is 0 Å². The summed E-state index contributed by atoms with van der Waals surface area (Å²) in [4.78, 5) is 7.01. The van der Waals surface area contributed by atoms with E-state index in [1.165, 1.54) is 11.1 Å². The van der Waals surface area contributed by atoms with E-state index in [2.05, 4.69) is 59.8 Å². The highest BCUT2D eigenvalue weighted by Crippen LogP contribution is 2.16. The van der Waals surface area contributed by atoms with Crippen LogP contribution in [0.3, 0.4) is 0 Å². The normalized spacial score (nSPS) is 11.7. The molecule has 0 bridgehead atoms. The van der Waals surface area contributed by atoms with Crippen molar-refractivity contribution in [2.75, 3.05) is 7.05 Å². The van der Waals surface area contributed by atoms with Gasteiger partial charge in [-0.3, -0.25) is 9.58 Å². The van der Waals surface area contributed by atoms with Crippen LogP contribution in [0.1, 0.15) is 29.7 Å². The van der Waals surface area contributed by atoms with Crippen LogP contribution in [-0.2, 0) is 19.6 Å². The van der Waals surface area contributed by atoms with Crippen LogP contribution in [0.2, 0.25) is 0 Å². The molecule has 3 aromatic heterocycles. The smallest absolute Gasteiger partial charge is 0.110 e. The molecule has 0 radical (unpaired) electrons. The molecule has 0 saturated heterocycles. The lowest BCUT2D eigenvalue weighted by Gasteiger charge is -2.15. The van der Waals surface area contributed by atoms with Crippen molar-refractivity contribution >= 4 is 5.52 Å². The molecule has 3 aromatic rings. The third kappa shape index (κ3) is 2.76. The second-order valence-electron chi connectivity index (χ2n) is 5.83. The minimum Gasteiger partial charge on any atom is -0.304 e. The second-order valence-corrected chi connectivity index (χ2v) is 5.83. The Bertz CT molecular complexity index is 784. The highest BCUT2D eigenvalue weighted by atomic mass is 15.3. The number of aryl methyl sites for hydroxylation is 3. The zero-order valence-electron chi connectivity index (χ0n) is 13.7. The predicted molar refractivity (Wildman–Crippen MR) is 87.7 cm³/mol. The van der Waals surface area contributed by atoms with Crippen molar-refractivity contribution in [1.29, 1.82) is 0 Å². The van der Waals surface area contributed by atoms with Gasteiger partial charge in [-0.25, -0.2) is 4.98 Å². The van der Waals surface area contributed by atoms with E-state index >= 15 is 0 Å². The average Bonchev–Trinajstić information content (AvgIpc) is 3.01. The Labute approximate surface area is 131 Å². The van der Waals surface area contributed by atoms with Gasteiger partial charge in [0.25, 0.3) is 0 Å². The van der Waals surface area contributed by atoms with Gasteiger partial charge in [-0.1, -0.05) is 6.07 Å². The first kappa shape index (κ1) is 14.8. The zero-order valence-corrected chi connectivity index (χ0v) is 13.7. The number of fused-ring (bicyclic) bond motifs is 1. The first-order chi connectivity index (χ1) is 10.6. The molecule has 0 unspecified atom stereocenters. The van der Waals surface area contributed by atoms with Crippen molar-refractivity contribution in [3.63, 3.8) is 0 Å². The minimum atomic E-state index is 0.831. The van der Waals surface area contributed by atoms with Gasteiger partial charge in [-0.2, -0.15) is 5.10 Å². The van der Waals surface area contributed by atoms with Crippen molar-refractivity contribution in [1.82, 2.24) is 24.1 Å². The second kappa shape index (κ2) is 5.93. The summed E-state index contributed by atoms with van der Waals surface area (Å²) in [6, 6.07) is 6.23. The molecule has 0 aliphatic carbocycles. The highest BCUT2D eigenvalue weighted by molar-refractivity contribution is 5.53. The van der Waals surface area contributed by atoms with E-state index in [1.807, 2.05) is 17.7 Å². The average molecular weight is 297 g/mol. The zero-order chi connectivity index (χ0) is 15.7. The molecule has 0 amide bonds. The maximum Gasteiger partial charge on any atom is 0.110 e. The Morgan fingerprint density at radius 3 is 2.73 bits per heavy atom. The maximum absolute atomic E-state index is 4.72. The first-order valence-corrected chi connectivity index (χ1v) is 7.72. The van der Waals surface area contributed by atoms with Crippen LogP contribution in [0.4, 0.5) is 0 Å². The topological polar surface area (TPSA) is 38.4 Å². The molecule has 22 heavy (non-hydrogen) atoms. The van der Waals surface area contributed by atoms with Crippen molar-refractivity contribution in [3.8, 4) is 0 Å². The summed E-state index contributed by atoms with van der Waals surface area (Å²) >= 11 is 0. The number of nitrogens with zero attached hydrogens (tertiary/aromatic N) is 5. The Kier molecular flexibility index (Phi) is 3.98. The molecule has 3 rings (SSSR count). The molecular formula is C17H23N5. The van der Waals surface area contributed by atoms with Crippen LogP contribution in [0.15, 0.2) is 30.6 Å². The van der Waals surface area contributed by atoms with Crippen molar-refractivity contribution in [3.05, 3.63) is 53.4 Å². The number of imidazole rings is 1. The van der Waals surface area contributed by atoms with Gasteiger partial charge < -0.3 is 4.40 Å². The molecule has 0 atom stereocenters. The van der Waals surface area contributed by atoms with Gasteiger partial charge >= 0.3 is 0 Å². The van der Waals surface area contributed by atoms with Crippen LogP contribution >= 0.6 is 0 Å². The number of hydrogen-bond donors (Lipinski definition) is 0. The van der Waals surface area contributed by atoms with Crippen LogP contribution in [0.5, 0.6) is 0 Å². The van der Waals surface area contributed by atoms with E-state index in [4.69, 9.17) is 4.98 Å². The van der Waals surface area contributed by atoms with E-state index in [1.54, 1.807) is 0 Å². The fourth-order valence-corrected chi connectivity index (χ4v) is 2.86. The third-order valence-electron chi connectivity index (χ3n) is 4.03.